The van der Waals surface area contributed by atoms with Crippen molar-refractivity contribution >= 4 is 48.0 Å². The Bertz CT molecular complexity index is 574. The molecular weight excluding hydrogens is 387 g/mol. The Labute approximate surface area is 174 Å². The molecule has 8 heteroatoms. The fourth-order valence-electron chi connectivity index (χ4n) is 2.83. The van der Waals surface area contributed by atoms with Gasteiger partial charge in [-0.1, -0.05) is 19.8 Å². The maximum absolute atomic E-state index is 12.2. The molecule has 0 aliphatic carbocycles. The summed E-state index contributed by atoms with van der Waals surface area (Å²) in [6, 6.07) is 6.97. The zero-order chi connectivity index (χ0) is 18.2. The van der Waals surface area contributed by atoms with Crippen molar-refractivity contribution in [1.82, 2.24) is 4.90 Å². The van der Waals surface area contributed by atoms with Crippen LogP contribution in [0.1, 0.15) is 39.5 Å². The topological polar surface area (TPSA) is 87.5 Å². The summed E-state index contributed by atoms with van der Waals surface area (Å²) in [6.45, 7) is 6.04. The molecule has 1 aliphatic heterocycles. The third-order valence-corrected chi connectivity index (χ3v) is 4.70. The van der Waals surface area contributed by atoms with Gasteiger partial charge in [0.25, 0.3) is 0 Å². The standard InChI is InChI=1S/C19H30N4O2.2ClH/c1-14(15(2)20)19(25)22-17-9-7-16(8-10-17)21-18(24)13-23-11-5-3-4-6-12-23;;/h7-10,14-15H,3-6,11-13,20H2,1-2H3,(H,21,24)(H,22,25);2*1H. The summed E-state index contributed by atoms with van der Waals surface area (Å²) in [6.07, 6.45) is 4.85. The van der Waals surface area contributed by atoms with Crippen molar-refractivity contribution in [1.29, 1.82) is 0 Å². The van der Waals surface area contributed by atoms with Gasteiger partial charge in [-0.25, -0.2) is 0 Å². The molecule has 0 bridgehead atoms. The first kappa shape index (κ1) is 25.7. The molecule has 6 nitrogen and oxygen atoms in total. The van der Waals surface area contributed by atoms with Gasteiger partial charge >= 0.3 is 0 Å². The number of likely N-dealkylation sites (tertiary alicyclic amines) is 1. The van der Waals surface area contributed by atoms with E-state index in [2.05, 4.69) is 15.5 Å². The number of anilines is 2. The fourth-order valence-corrected chi connectivity index (χ4v) is 2.83. The molecule has 1 saturated heterocycles. The van der Waals surface area contributed by atoms with Gasteiger partial charge in [0, 0.05) is 17.4 Å². The number of carbonyl (C=O) groups is 2. The van der Waals surface area contributed by atoms with Gasteiger partial charge in [-0.15, -0.1) is 24.8 Å². The zero-order valence-electron chi connectivity index (χ0n) is 16.1. The normalized spacial score (nSPS) is 16.7. The van der Waals surface area contributed by atoms with Gasteiger partial charge < -0.3 is 16.4 Å². The van der Waals surface area contributed by atoms with Crippen LogP contribution in [0.25, 0.3) is 0 Å². The van der Waals surface area contributed by atoms with E-state index in [4.69, 9.17) is 5.73 Å². The van der Waals surface area contributed by atoms with Crippen LogP contribution >= 0.6 is 24.8 Å². The van der Waals surface area contributed by atoms with Gasteiger partial charge in [0.1, 0.15) is 0 Å². The molecule has 0 saturated carbocycles. The summed E-state index contributed by atoms with van der Waals surface area (Å²) >= 11 is 0. The van der Waals surface area contributed by atoms with Gasteiger partial charge in [0.15, 0.2) is 0 Å². The van der Waals surface area contributed by atoms with E-state index >= 15 is 0 Å². The number of hydrogen-bond acceptors (Lipinski definition) is 4. The highest BCUT2D eigenvalue weighted by Gasteiger charge is 2.17. The van der Waals surface area contributed by atoms with Crippen LogP contribution in [-0.4, -0.2) is 42.4 Å². The monoisotopic (exact) mass is 418 g/mol. The van der Waals surface area contributed by atoms with Crippen LogP contribution in [0.5, 0.6) is 0 Å². The first-order chi connectivity index (χ1) is 12.0. The Kier molecular flexibility index (Phi) is 12.3. The van der Waals surface area contributed by atoms with Crippen LogP contribution in [0.4, 0.5) is 11.4 Å². The number of nitrogens with zero attached hydrogens (tertiary/aromatic N) is 1. The van der Waals surface area contributed by atoms with E-state index in [1.165, 1.54) is 25.7 Å². The molecule has 0 aromatic heterocycles. The molecule has 2 rings (SSSR count). The number of rotatable bonds is 6. The summed E-state index contributed by atoms with van der Waals surface area (Å²) in [5, 5.41) is 5.75. The molecule has 1 fully saturated rings. The van der Waals surface area contributed by atoms with E-state index in [1.54, 1.807) is 31.2 Å². The van der Waals surface area contributed by atoms with E-state index in [-0.39, 0.29) is 48.6 Å². The number of nitrogens with one attached hydrogen (secondary N) is 2. The van der Waals surface area contributed by atoms with Crippen molar-refractivity contribution < 1.29 is 9.59 Å². The molecule has 1 aromatic carbocycles. The van der Waals surface area contributed by atoms with E-state index in [0.717, 1.165) is 18.8 Å². The average Bonchev–Trinajstić information content (AvgIpc) is 2.84. The first-order valence-electron chi connectivity index (χ1n) is 9.14. The van der Waals surface area contributed by atoms with Crippen LogP contribution in [0.2, 0.25) is 0 Å². The van der Waals surface area contributed by atoms with E-state index < -0.39 is 0 Å². The summed E-state index contributed by atoms with van der Waals surface area (Å²) < 4.78 is 0. The number of hydrogen-bond donors (Lipinski definition) is 3. The molecule has 2 atom stereocenters. The van der Waals surface area contributed by atoms with Crippen molar-refractivity contribution in [2.24, 2.45) is 11.7 Å². The maximum atomic E-state index is 12.2. The van der Waals surface area contributed by atoms with Crippen LogP contribution in [0, 0.1) is 5.92 Å². The molecule has 1 aliphatic rings. The van der Waals surface area contributed by atoms with E-state index in [0.29, 0.717) is 12.2 Å². The lowest BCUT2D eigenvalue weighted by molar-refractivity contribution is -0.120. The second-order valence-corrected chi connectivity index (χ2v) is 6.95. The third kappa shape index (κ3) is 8.93. The zero-order valence-corrected chi connectivity index (χ0v) is 17.7. The van der Waals surface area contributed by atoms with Gasteiger partial charge in [0.05, 0.1) is 12.5 Å². The van der Waals surface area contributed by atoms with Crippen molar-refractivity contribution in [3.63, 3.8) is 0 Å². The number of amides is 2. The smallest absolute Gasteiger partial charge is 0.238 e. The first-order valence-corrected chi connectivity index (χ1v) is 9.14. The number of benzene rings is 1. The minimum atomic E-state index is -0.256. The summed E-state index contributed by atoms with van der Waals surface area (Å²) in [4.78, 5) is 26.4. The predicted molar refractivity (Wildman–Crippen MR) is 116 cm³/mol. The Balaban J connectivity index is 0.00000338. The van der Waals surface area contributed by atoms with Crippen molar-refractivity contribution in [2.45, 2.75) is 45.6 Å². The lowest BCUT2D eigenvalue weighted by atomic mass is 10.0. The highest BCUT2D eigenvalue weighted by atomic mass is 35.5. The number of carbonyl (C=O) groups excluding carboxylic acids is 2. The molecular formula is C19H32Cl2N4O2. The SMILES string of the molecule is CC(N)C(C)C(=O)Nc1ccc(NC(=O)CN2CCCCCC2)cc1.Cl.Cl. The average molecular weight is 419 g/mol. The summed E-state index contributed by atoms with van der Waals surface area (Å²) in [7, 11) is 0. The van der Waals surface area contributed by atoms with Crippen molar-refractivity contribution in [3.8, 4) is 0 Å². The molecule has 0 spiro atoms. The van der Waals surface area contributed by atoms with Crippen LogP contribution < -0.4 is 16.4 Å². The molecule has 1 heterocycles. The minimum absolute atomic E-state index is 0. The highest BCUT2D eigenvalue weighted by molar-refractivity contribution is 5.94. The molecule has 0 radical (unpaired) electrons. The molecule has 27 heavy (non-hydrogen) atoms. The Hall–Kier alpha value is -1.34. The van der Waals surface area contributed by atoms with E-state index in [9.17, 15) is 9.59 Å². The van der Waals surface area contributed by atoms with Gasteiger partial charge in [-0.05, 0) is 57.1 Å². The third-order valence-electron chi connectivity index (χ3n) is 4.70. The van der Waals surface area contributed by atoms with Gasteiger partial charge in [0.2, 0.25) is 11.8 Å². The summed E-state index contributed by atoms with van der Waals surface area (Å²) in [5.41, 5.74) is 7.18. The number of halogens is 2. The number of nitrogens with two attached hydrogens (primary N) is 1. The van der Waals surface area contributed by atoms with Crippen LogP contribution in [0.3, 0.4) is 0 Å². The maximum Gasteiger partial charge on any atom is 0.238 e. The minimum Gasteiger partial charge on any atom is -0.327 e. The van der Waals surface area contributed by atoms with E-state index in [1.807, 2.05) is 6.92 Å². The Morgan fingerprint density at radius 3 is 1.93 bits per heavy atom. The van der Waals surface area contributed by atoms with Gasteiger partial charge in [-0.2, -0.15) is 0 Å². The molecule has 1 aromatic rings. The predicted octanol–water partition coefficient (Wildman–Crippen LogP) is 3.27. The molecule has 2 unspecified atom stereocenters. The lowest BCUT2D eigenvalue weighted by Gasteiger charge is -2.19. The second-order valence-electron chi connectivity index (χ2n) is 6.95. The Morgan fingerprint density at radius 2 is 1.44 bits per heavy atom. The largest absolute Gasteiger partial charge is 0.327 e. The lowest BCUT2D eigenvalue weighted by Crippen LogP contribution is -2.34. The second kappa shape index (κ2) is 12.9. The van der Waals surface area contributed by atoms with Crippen molar-refractivity contribution in [3.05, 3.63) is 24.3 Å². The molecule has 4 N–H and O–H groups in total. The Morgan fingerprint density at radius 1 is 0.963 bits per heavy atom. The molecule has 154 valence electrons. The van der Waals surface area contributed by atoms with Gasteiger partial charge in [-0.3, -0.25) is 14.5 Å². The van der Waals surface area contributed by atoms with Crippen molar-refractivity contribution in [2.75, 3.05) is 30.3 Å². The summed E-state index contributed by atoms with van der Waals surface area (Å²) in [5.74, 6) is -0.356. The molecule has 2 amide bonds. The van der Waals surface area contributed by atoms with Crippen LogP contribution in [0.15, 0.2) is 24.3 Å². The fraction of sp³-hybridized carbons (Fsp3) is 0.579. The quantitative estimate of drug-likeness (QED) is 0.661. The van der Waals surface area contributed by atoms with Crippen LogP contribution in [-0.2, 0) is 9.59 Å². The highest BCUT2D eigenvalue weighted by Crippen LogP contribution is 2.15.